The van der Waals surface area contributed by atoms with Crippen molar-refractivity contribution in [2.24, 2.45) is 7.05 Å². The maximum Gasteiger partial charge on any atom is 0.327 e. The Hall–Kier alpha value is -2.44. The minimum absolute atomic E-state index is 0.370. The van der Waals surface area contributed by atoms with Gasteiger partial charge in [0.1, 0.15) is 5.69 Å². The van der Waals surface area contributed by atoms with E-state index < -0.39 is 16.4 Å². The molecule has 3 rings (SSSR count). The van der Waals surface area contributed by atoms with Gasteiger partial charge < -0.3 is 4.90 Å². The molecule has 0 radical (unpaired) electrons. The lowest BCUT2D eigenvalue weighted by Crippen LogP contribution is -2.33. The number of benzene rings is 1. The summed E-state index contributed by atoms with van der Waals surface area (Å²) in [5, 5.41) is 15.3. The van der Waals surface area contributed by atoms with Gasteiger partial charge in [0, 0.05) is 26.3 Å². The first kappa shape index (κ1) is 14.5. The van der Waals surface area contributed by atoms with Crippen molar-refractivity contribution in [3.63, 3.8) is 0 Å². The number of piperidine rings is 1. The van der Waals surface area contributed by atoms with E-state index in [1.54, 1.807) is 10.7 Å². The number of para-hydroxylation sites is 1. The first-order chi connectivity index (χ1) is 10.6. The lowest BCUT2D eigenvalue weighted by molar-refractivity contribution is -0.386. The molecule has 2 heterocycles. The maximum atomic E-state index is 13.7. The fourth-order valence-electron chi connectivity index (χ4n) is 3.04. The molecule has 2 aromatic rings. The molecular formula is C15H17FN4O2. The van der Waals surface area contributed by atoms with Gasteiger partial charge in [-0.3, -0.25) is 14.8 Å². The molecule has 1 aliphatic heterocycles. The summed E-state index contributed by atoms with van der Waals surface area (Å²) < 4.78 is 15.5. The topological polar surface area (TPSA) is 64.2 Å². The van der Waals surface area contributed by atoms with Crippen LogP contribution in [0.2, 0.25) is 0 Å². The van der Waals surface area contributed by atoms with Gasteiger partial charge in [0.2, 0.25) is 5.82 Å². The molecule has 6 nitrogen and oxygen atoms in total. The predicted molar refractivity (Wildman–Crippen MR) is 80.5 cm³/mol. The van der Waals surface area contributed by atoms with Crippen molar-refractivity contribution in [3.8, 4) is 0 Å². The molecule has 1 aromatic carbocycles. The fraction of sp³-hybridized carbons (Fsp3) is 0.400. The molecule has 0 saturated carbocycles. The quantitative estimate of drug-likeness (QED) is 0.646. The number of nitrogens with zero attached hydrogens (tertiary/aromatic N) is 4. The Morgan fingerprint density at radius 3 is 2.68 bits per heavy atom. The van der Waals surface area contributed by atoms with Gasteiger partial charge in [-0.2, -0.15) is 9.49 Å². The van der Waals surface area contributed by atoms with E-state index in [1.165, 1.54) is 11.6 Å². The van der Waals surface area contributed by atoms with Crippen LogP contribution in [0, 0.1) is 15.9 Å². The molecule has 7 heteroatoms. The zero-order chi connectivity index (χ0) is 15.7. The van der Waals surface area contributed by atoms with E-state index in [9.17, 15) is 14.5 Å². The molecule has 116 valence electrons. The number of aromatic nitrogens is 2. The Kier molecular flexibility index (Phi) is 3.79. The van der Waals surface area contributed by atoms with Crippen LogP contribution in [-0.2, 0) is 7.05 Å². The summed E-state index contributed by atoms with van der Waals surface area (Å²) in [6, 6.07) is 4.26. The van der Waals surface area contributed by atoms with Crippen molar-refractivity contribution in [1.82, 2.24) is 9.78 Å². The van der Waals surface area contributed by atoms with Crippen molar-refractivity contribution >= 4 is 11.4 Å². The van der Waals surface area contributed by atoms with Crippen LogP contribution in [0.5, 0.6) is 0 Å². The number of nitro benzene ring substituents is 1. The number of anilines is 1. The van der Waals surface area contributed by atoms with Gasteiger partial charge in [-0.25, -0.2) is 0 Å². The number of halogens is 1. The third-order valence-corrected chi connectivity index (χ3v) is 4.18. The van der Waals surface area contributed by atoms with Crippen molar-refractivity contribution in [3.05, 3.63) is 52.1 Å². The van der Waals surface area contributed by atoms with Crippen LogP contribution >= 0.6 is 0 Å². The number of nitro groups is 1. The molecule has 1 aromatic heterocycles. The molecule has 0 aliphatic carbocycles. The fourth-order valence-corrected chi connectivity index (χ4v) is 3.04. The molecule has 22 heavy (non-hydrogen) atoms. The van der Waals surface area contributed by atoms with Crippen LogP contribution in [0.3, 0.4) is 0 Å². The summed E-state index contributed by atoms with van der Waals surface area (Å²) in [5.41, 5.74) is 1.13. The molecule has 0 spiro atoms. The van der Waals surface area contributed by atoms with Gasteiger partial charge in [-0.05, 0) is 36.5 Å². The maximum absolute atomic E-state index is 13.7. The van der Waals surface area contributed by atoms with Gasteiger partial charge in [-0.15, -0.1) is 0 Å². The largest absolute Gasteiger partial charge is 0.366 e. The van der Waals surface area contributed by atoms with Crippen molar-refractivity contribution in [2.45, 2.75) is 18.8 Å². The highest BCUT2D eigenvalue weighted by atomic mass is 19.1. The summed E-state index contributed by atoms with van der Waals surface area (Å²) in [5.74, 6) is -0.380. The molecule has 0 amide bonds. The van der Waals surface area contributed by atoms with E-state index in [1.807, 2.05) is 24.3 Å². The number of hydrogen-bond donors (Lipinski definition) is 0. The Balaban J connectivity index is 1.77. The van der Waals surface area contributed by atoms with E-state index in [4.69, 9.17) is 0 Å². The summed E-state index contributed by atoms with van der Waals surface area (Å²) >= 11 is 0. The van der Waals surface area contributed by atoms with Crippen molar-refractivity contribution in [2.75, 3.05) is 18.0 Å². The Labute approximate surface area is 127 Å². The van der Waals surface area contributed by atoms with Crippen molar-refractivity contribution < 1.29 is 9.31 Å². The van der Waals surface area contributed by atoms with E-state index in [-0.39, 0.29) is 0 Å². The highest BCUT2D eigenvalue weighted by Gasteiger charge is 2.28. The number of hydrogen-bond acceptors (Lipinski definition) is 4. The highest BCUT2D eigenvalue weighted by Crippen LogP contribution is 2.35. The molecule has 0 N–H and O–H groups in total. The van der Waals surface area contributed by atoms with Gasteiger partial charge in [0.05, 0.1) is 11.1 Å². The Morgan fingerprint density at radius 1 is 1.36 bits per heavy atom. The van der Waals surface area contributed by atoms with E-state index in [0.717, 1.165) is 18.9 Å². The van der Waals surface area contributed by atoms with Crippen LogP contribution < -0.4 is 4.90 Å². The molecular weight excluding hydrogens is 287 g/mol. The van der Waals surface area contributed by atoms with Crippen LogP contribution in [-0.4, -0.2) is 27.8 Å². The van der Waals surface area contributed by atoms with E-state index in [2.05, 4.69) is 5.10 Å². The highest BCUT2D eigenvalue weighted by molar-refractivity contribution is 5.64. The Morgan fingerprint density at radius 2 is 2.09 bits per heavy atom. The lowest BCUT2D eigenvalue weighted by atomic mass is 9.91. The van der Waals surface area contributed by atoms with Crippen LogP contribution in [0.15, 0.2) is 30.6 Å². The zero-order valence-electron chi connectivity index (χ0n) is 12.3. The first-order valence-electron chi connectivity index (χ1n) is 7.22. The smallest absolute Gasteiger partial charge is 0.327 e. The third kappa shape index (κ3) is 2.66. The van der Waals surface area contributed by atoms with Crippen LogP contribution in [0.1, 0.15) is 24.3 Å². The third-order valence-electron chi connectivity index (χ3n) is 4.18. The SMILES string of the molecule is Cn1cc(C2CCN(c3cccc(F)c3[N+](=O)[O-])CC2)cn1. The van der Waals surface area contributed by atoms with Crippen LogP contribution in [0.25, 0.3) is 0 Å². The van der Waals surface area contributed by atoms with Gasteiger partial charge in [-0.1, -0.05) is 6.07 Å². The number of aryl methyl sites for hydroxylation is 1. The lowest BCUT2D eigenvalue weighted by Gasteiger charge is -2.32. The standard InChI is InChI=1S/C15H17FN4O2/c1-18-10-12(9-17-18)11-5-7-19(8-6-11)14-4-2-3-13(16)15(14)20(21)22/h2-4,9-11H,5-8H2,1H3. The molecule has 0 bridgehead atoms. The minimum Gasteiger partial charge on any atom is -0.366 e. The summed E-state index contributed by atoms with van der Waals surface area (Å²) in [4.78, 5) is 12.4. The second kappa shape index (κ2) is 5.75. The van der Waals surface area contributed by atoms with Gasteiger partial charge in [0.25, 0.3) is 0 Å². The summed E-state index contributed by atoms with van der Waals surface area (Å²) in [7, 11) is 1.88. The molecule has 0 atom stereocenters. The monoisotopic (exact) mass is 304 g/mol. The second-order valence-corrected chi connectivity index (χ2v) is 5.57. The minimum atomic E-state index is -0.781. The molecule has 1 aliphatic rings. The average molecular weight is 304 g/mol. The van der Waals surface area contributed by atoms with Gasteiger partial charge in [0.15, 0.2) is 0 Å². The second-order valence-electron chi connectivity index (χ2n) is 5.57. The molecule has 1 saturated heterocycles. The summed E-state index contributed by atoms with van der Waals surface area (Å²) in [6.45, 7) is 1.34. The first-order valence-corrected chi connectivity index (χ1v) is 7.22. The predicted octanol–water partition coefficient (Wildman–Crippen LogP) is 2.85. The van der Waals surface area contributed by atoms with E-state index >= 15 is 0 Å². The average Bonchev–Trinajstić information content (AvgIpc) is 2.93. The number of rotatable bonds is 3. The zero-order valence-corrected chi connectivity index (χ0v) is 12.3. The molecule has 1 fully saturated rings. The normalized spacial score (nSPS) is 16.0. The van der Waals surface area contributed by atoms with Gasteiger partial charge >= 0.3 is 5.69 Å². The van der Waals surface area contributed by atoms with Crippen LogP contribution in [0.4, 0.5) is 15.8 Å². The Bertz CT molecular complexity index is 693. The molecule has 0 unspecified atom stereocenters. The van der Waals surface area contributed by atoms with E-state index in [0.29, 0.717) is 24.7 Å². The van der Waals surface area contributed by atoms with Crippen molar-refractivity contribution in [1.29, 1.82) is 0 Å². The summed E-state index contributed by atoms with van der Waals surface area (Å²) in [6.07, 6.45) is 5.62.